The van der Waals surface area contributed by atoms with Crippen molar-refractivity contribution in [3.8, 4) is 17.5 Å². The highest BCUT2D eigenvalue weighted by atomic mass is 32.2. The lowest BCUT2D eigenvalue weighted by molar-refractivity contribution is -0.918. The summed E-state index contributed by atoms with van der Waals surface area (Å²) in [7, 11) is -3.69. The molecule has 0 amide bonds. The van der Waals surface area contributed by atoms with Crippen LogP contribution in [0.25, 0.3) is 11.5 Å². The minimum absolute atomic E-state index is 0.0651. The van der Waals surface area contributed by atoms with E-state index >= 15 is 0 Å². The van der Waals surface area contributed by atoms with Crippen molar-refractivity contribution in [3.05, 3.63) is 66.1 Å². The summed E-state index contributed by atoms with van der Waals surface area (Å²) in [6.45, 7) is 2.53. The van der Waals surface area contributed by atoms with Crippen molar-refractivity contribution in [2.45, 2.75) is 11.4 Å². The van der Waals surface area contributed by atoms with Gasteiger partial charge < -0.3 is 9.32 Å². The first-order valence-electron chi connectivity index (χ1n) is 9.28. The van der Waals surface area contributed by atoms with E-state index in [1.54, 1.807) is 12.1 Å². The van der Waals surface area contributed by atoms with E-state index in [1.807, 2.05) is 36.4 Å². The van der Waals surface area contributed by atoms with E-state index in [0.717, 1.165) is 5.56 Å². The predicted molar refractivity (Wildman–Crippen MR) is 104 cm³/mol. The summed E-state index contributed by atoms with van der Waals surface area (Å²) in [4.78, 5) is 1.24. The van der Waals surface area contributed by atoms with Crippen LogP contribution in [0.5, 0.6) is 0 Å². The molecule has 1 aliphatic heterocycles. The van der Waals surface area contributed by atoms with Crippen molar-refractivity contribution in [1.29, 1.82) is 5.26 Å². The maximum Gasteiger partial charge on any atom is 0.271 e. The first-order valence-corrected chi connectivity index (χ1v) is 10.7. The highest BCUT2D eigenvalue weighted by Gasteiger charge is 2.32. The molecule has 0 bridgehead atoms. The molecule has 0 radical (unpaired) electrons. The summed E-state index contributed by atoms with van der Waals surface area (Å²) in [6.07, 6.45) is 0. The van der Waals surface area contributed by atoms with Gasteiger partial charge in [0.05, 0.1) is 36.6 Å². The van der Waals surface area contributed by atoms with E-state index < -0.39 is 10.0 Å². The molecule has 8 nitrogen and oxygen atoms in total. The molecule has 1 N–H and O–H groups in total. The number of hydrogen-bond acceptors (Lipinski definition) is 6. The summed E-state index contributed by atoms with van der Waals surface area (Å²) >= 11 is 0. The highest BCUT2D eigenvalue weighted by molar-refractivity contribution is 7.89. The van der Waals surface area contributed by atoms with Gasteiger partial charge in [-0.2, -0.15) is 9.57 Å². The number of piperazine rings is 1. The molecular weight excluding hydrogens is 390 g/mol. The van der Waals surface area contributed by atoms with E-state index in [0.29, 0.717) is 44.5 Å². The zero-order chi connectivity index (χ0) is 20.3. The molecule has 9 heteroatoms. The van der Waals surface area contributed by atoms with E-state index in [-0.39, 0.29) is 10.5 Å². The summed E-state index contributed by atoms with van der Waals surface area (Å²) in [6, 6.07) is 17.8. The highest BCUT2D eigenvalue weighted by Crippen LogP contribution is 2.20. The van der Waals surface area contributed by atoms with Gasteiger partial charge in [-0.25, -0.2) is 8.42 Å². The second-order valence-electron chi connectivity index (χ2n) is 6.81. The quantitative estimate of drug-likeness (QED) is 0.664. The lowest BCUT2D eigenvalue weighted by atomic mass is 10.2. The van der Waals surface area contributed by atoms with Gasteiger partial charge in [-0.1, -0.05) is 30.3 Å². The van der Waals surface area contributed by atoms with Crippen LogP contribution in [0.15, 0.2) is 63.9 Å². The topological polar surface area (TPSA) is 105 Å². The average molecular weight is 410 g/mol. The van der Waals surface area contributed by atoms with Gasteiger partial charge in [-0.15, -0.1) is 10.2 Å². The fourth-order valence-electron chi connectivity index (χ4n) is 3.38. The van der Waals surface area contributed by atoms with Crippen LogP contribution in [0.1, 0.15) is 11.5 Å². The molecule has 1 fully saturated rings. The van der Waals surface area contributed by atoms with Crippen LogP contribution < -0.4 is 4.90 Å². The second-order valence-corrected chi connectivity index (χ2v) is 8.71. The molecule has 29 heavy (non-hydrogen) atoms. The Balaban J connectivity index is 1.40. The Morgan fingerprint density at radius 3 is 2.45 bits per heavy atom. The van der Waals surface area contributed by atoms with Gasteiger partial charge in [-0.05, 0) is 24.3 Å². The third-order valence-electron chi connectivity index (χ3n) is 4.94. The lowest BCUT2D eigenvalue weighted by Crippen LogP contribution is -3.13. The van der Waals surface area contributed by atoms with Crippen LogP contribution in [0.4, 0.5) is 0 Å². The summed E-state index contributed by atoms with van der Waals surface area (Å²) in [5.41, 5.74) is 1.04. The van der Waals surface area contributed by atoms with E-state index in [1.165, 1.54) is 21.3 Å². The van der Waals surface area contributed by atoms with Crippen molar-refractivity contribution in [2.24, 2.45) is 0 Å². The van der Waals surface area contributed by atoms with Crippen molar-refractivity contribution in [1.82, 2.24) is 14.5 Å². The van der Waals surface area contributed by atoms with E-state index in [2.05, 4.69) is 10.2 Å². The minimum atomic E-state index is -3.69. The van der Waals surface area contributed by atoms with Gasteiger partial charge in [0.15, 0.2) is 6.54 Å². The number of aromatic nitrogens is 2. The SMILES string of the molecule is N#Cc1ccccc1S(=O)(=O)N1CC[NH+](Cc2nnc(-c3ccccc3)o2)CC1. The molecule has 2 heterocycles. The third-order valence-corrected chi connectivity index (χ3v) is 6.90. The maximum atomic E-state index is 12.9. The minimum Gasteiger partial charge on any atom is -0.415 e. The summed E-state index contributed by atoms with van der Waals surface area (Å²) in [5.74, 6) is 1.01. The van der Waals surface area contributed by atoms with Gasteiger partial charge >= 0.3 is 0 Å². The van der Waals surface area contributed by atoms with Crippen LogP contribution in [0.2, 0.25) is 0 Å². The fraction of sp³-hybridized carbons (Fsp3) is 0.250. The number of quaternary nitrogens is 1. The molecule has 1 saturated heterocycles. The van der Waals surface area contributed by atoms with Crippen LogP contribution in [-0.2, 0) is 16.6 Å². The molecule has 0 atom stereocenters. The Morgan fingerprint density at radius 2 is 1.72 bits per heavy atom. The van der Waals surface area contributed by atoms with Gasteiger partial charge in [-0.3, -0.25) is 0 Å². The Hall–Kier alpha value is -3.06. The van der Waals surface area contributed by atoms with Gasteiger partial charge in [0.1, 0.15) is 6.07 Å². The molecule has 0 unspecified atom stereocenters. The molecule has 3 aromatic rings. The number of rotatable bonds is 5. The number of benzene rings is 2. The van der Waals surface area contributed by atoms with E-state index in [9.17, 15) is 13.7 Å². The van der Waals surface area contributed by atoms with Crippen LogP contribution >= 0.6 is 0 Å². The van der Waals surface area contributed by atoms with Gasteiger partial charge in [0, 0.05) is 5.56 Å². The fourth-order valence-corrected chi connectivity index (χ4v) is 4.96. The van der Waals surface area contributed by atoms with Crippen molar-refractivity contribution < 1.29 is 17.7 Å². The Bertz CT molecular complexity index is 1130. The van der Waals surface area contributed by atoms with Crippen LogP contribution in [-0.4, -0.2) is 49.1 Å². The maximum absolute atomic E-state index is 12.9. The monoisotopic (exact) mass is 410 g/mol. The van der Waals surface area contributed by atoms with Crippen molar-refractivity contribution in [2.75, 3.05) is 26.2 Å². The standard InChI is InChI=1S/C20H19N5O3S/c21-14-17-8-4-5-9-18(17)29(26,27)25-12-10-24(11-13-25)15-19-22-23-20(28-19)16-6-2-1-3-7-16/h1-9H,10-13,15H2/p+1. The smallest absolute Gasteiger partial charge is 0.271 e. The average Bonchev–Trinajstić information content (AvgIpc) is 3.23. The van der Waals surface area contributed by atoms with Crippen molar-refractivity contribution in [3.63, 3.8) is 0 Å². The predicted octanol–water partition coefficient (Wildman–Crippen LogP) is 0.698. The molecular formula is C20H20N5O3S+. The van der Waals surface area contributed by atoms with E-state index in [4.69, 9.17) is 4.42 Å². The first kappa shape index (κ1) is 19.3. The second kappa shape index (κ2) is 8.13. The van der Waals surface area contributed by atoms with Gasteiger partial charge in [0.25, 0.3) is 5.89 Å². The molecule has 148 valence electrons. The molecule has 1 aromatic heterocycles. The van der Waals surface area contributed by atoms with Crippen LogP contribution in [0, 0.1) is 11.3 Å². The van der Waals surface area contributed by atoms with Crippen LogP contribution in [0.3, 0.4) is 0 Å². The zero-order valence-corrected chi connectivity index (χ0v) is 16.5. The largest absolute Gasteiger partial charge is 0.415 e. The van der Waals surface area contributed by atoms with Gasteiger partial charge in [0.2, 0.25) is 15.9 Å². The zero-order valence-electron chi connectivity index (χ0n) is 15.7. The lowest BCUT2D eigenvalue weighted by Gasteiger charge is -2.30. The Kier molecular flexibility index (Phi) is 5.40. The number of nitrogens with zero attached hydrogens (tertiary/aromatic N) is 4. The molecule has 0 aliphatic carbocycles. The molecule has 4 rings (SSSR count). The molecule has 0 saturated carbocycles. The molecule has 1 aliphatic rings. The molecule has 0 spiro atoms. The number of nitriles is 1. The van der Waals surface area contributed by atoms with Crippen molar-refractivity contribution >= 4 is 10.0 Å². The summed E-state index contributed by atoms with van der Waals surface area (Å²) < 4.78 is 33.0. The first-order chi connectivity index (χ1) is 14.1. The number of hydrogen-bond donors (Lipinski definition) is 1. The Morgan fingerprint density at radius 1 is 1.03 bits per heavy atom. The number of nitrogens with one attached hydrogen (secondary N) is 1. The number of sulfonamides is 1. The molecule has 2 aromatic carbocycles. The third kappa shape index (κ3) is 4.05. The normalized spacial score (nSPS) is 15.8. The Labute approximate surface area is 169 Å². The summed E-state index contributed by atoms with van der Waals surface area (Å²) in [5, 5.41) is 17.4.